The second-order valence-corrected chi connectivity index (χ2v) is 8.22. The summed E-state index contributed by atoms with van der Waals surface area (Å²) in [7, 11) is -3.68. The number of ether oxygens (including phenoxy) is 2. The van der Waals surface area contributed by atoms with E-state index in [0.717, 1.165) is 0 Å². The van der Waals surface area contributed by atoms with E-state index in [-0.39, 0.29) is 29.5 Å². The largest absolute Gasteiger partial charge is 0.493 e. The first-order valence-corrected chi connectivity index (χ1v) is 11.2. The van der Waals surface area contributed by atoms with Crippen molar-refractivity contribution in [1.29, 1.82) is 0 Å². The molecule has 0 saturated heterocycles. The van der Waals surface area contributed by atoms with Gasteiger partial charge < -0.3 is 14.8 Å². The lowest BCUT2D eigenvalue weighted by Crippen LogP contribution is -2.30. The van der Waals surface area contributed by atoms with E-state index < -0.39 is 15.8 Å². The molecular formula is C21H27FN2O5S. The molecule has 0 aliphatic rings. The summed E-state index contributed by atoms with van der Waals surface area (Å²) in [6.07, 6.45) is -0.00486. The maximum atomic E-state index is 13.2. The van der Waals surface area contributed by atoms with E-state index in [0.29, 0.717) is 31.2 Å². The topological polar surface area (TPSA) is 84.9 Å². The van der Waals surface area contributed by atoms with Crippen LogP contribution in [-0.4, -0.2) is 44.9 Å². The molecule has 0 aliphatic heterocycles. The fourth-order valence-corrected chi connectivity index (χ4v) is 4.28. The van der Waals surface area contributed by atoms with Gasteiger partial charge in [-0.05, 0) is 37.3 Å². The van der Waals surface area contributed by atoms with Crippen molar-refractivity contribution in [2.45, 2.75) is 32.1 Å². The summed E-state index contributed by atoms with van der Waals surface area (Å²) in [4.78, 5) is 12.4. The van der Waals surface area contributed by atoms with Crippen LogP contribution in [-0.2, 0) is 14.8 Å². The molecule has 0 saturated carbocycles. The van der Waals surface area contributed by atoms with E-state index in [1.807, 2.05) is 0 Å². The Morgan fingerprint density at radius 1 is 1.07 bits per heavy atom. The monoisotopic (exact) mass is 438 g/mol. The molecular weight excluding hydrogens is 411 g/mol. The highest BCUT2D eigenvalue weighted by atomic mass is 32.2. The van der Waals surface area contributed by atoms with Crippen LogP contribution in [0.25, 0.3) is 0 Å². The number of carbonyl (C=O) groups excluding carboxylic acids is 1. The Bertz CT molecular complexity index is 962. The van der Waals surface area contributed by atoms with E-state index >= 15 is 0 Å². The van der Waals surface area contributed by atoms with Crippen molar-refractivity contribution in [2.24, 2.45) is 0 Å². The van der Waals surface area contributed by atoms with Crippen LogP contribution in [0.3, 0.4) is 0 Å². The number of rotatable bonds is 11. The van der Waals surface area contributed by atoms with E-state index in [2.05, 4.69) is 5.32 Å². The summed E-state index contributed by atoms with van der Waals surface area (Å²) in [5.74, 6) is -0.116. The van der Waals surface area contributed by atoms with Crippen LogP contribution in [0.4, 0.5) is 10.1 Å². The first-order chi connectivity index (χ1) is 14.3. The Morgan fingerprint density at radius 3 is 2.43 bits per heavy atom. The van der Waals surface area contributed by atoms with Crippen LogP contribution < -0.4 is 14.8 Å². The molecule has 2 aromatic rings. The van der Waals surface area contributed by atoms with Crippen molar-refractivity contribution in [3.63, 3.8) is 0 Å². The lowest BCUT2D eigenvalue weighted by atomic mass is 10.2. The first-order valence-electron chi connectivity index (χ1n) is 9.77. The predicted molar refractivity (Wildman–Crippen MR) is 113 cm³/mol. The number of sulfonamides is 1. The zero-order chi connectivity index (χ0) is 22.1. The van der Waals surface area contributed by atoms with Crippen molar-refractivity contribution in [3.8, 4) is 11.5 Å². The van der Waals surface area contributed by atoms with E-state index in [1.165, 1.54) is 40.7 Å². The summed E-state index contributed by atoms with van der Waals surface area (Å²) in [5.41, 5.74) is 0.265. The fourth-order valence-electron chi connectivity index (χ4n) is 2.79. The fraction of sp³-hybridized carbons (Fsp3) is 0.381. The van der Waals surface area contributed by atoms with Crippen LogP contribution in [0.15, 0.2) is 47.4 Å². The number of hydrogen-bond donors (Lipinski definition) is 1. The van der Waals surface area contributed by atoms with Gasteiger partial charge in [0.25, 0.3) is 0 Å². The second kappa shape index (κ2) is 10.9. The minimum absolute atomic E-state index is 0.00486. The molecule has 0 atom stereocenters. The summed E-state index contributed by atoms with van der Waals surface area (Å²) < 4.78 is 51.0. The highest BCUT2D eigenvalue weighted by Gasteiger charge is 2.23. The lowest BCUT2D eigenvalue weighted by molar-refractivity contribution is -0.116. The molecule has 2 aromatic carbocycles. The maximum absolute atomic E-state index is 13.2. The van der Waals surface area contributed by atoms with Crippen molar-refractivity contribution >= 4 is 21.6 Å². The third-order valence-electron chi connectivity index (χ3n) is 4.26. The van der Waals surface area contributed by atoms with Gasteiger partial charge in [0.2, 0.25) is 15.9 Å². The third-order valence-corrected chi connectivity index (χ3v) is 6.31. The molecule has 7 nitrogen and oxygen atoms in total. The Kier molecular flexibility index (Phi) is 8.61. The van der Waals surface area contributed by atoms with Gasteiger partial charge in [-0.25, -0.2) is 12.8 Å². The van der Waals surface area contributed by atoms with E-state index in [4.69, 9.17) is 9.47 Å². The molecule has 0 aromatic heterocycles. The number of nitrogens with one attached hydrogen (secondary N) is 1. The molecule has 0 aliphatic carbocycles. The standard InChI is InChI=1S/C21H27FN2O5S/c1-4-24(5-2)30(26,27)18-10-11-20(28-6-3)19(15-18)23-21(25)12-13-29-17-9-7-8-16(22)14-17/h7-11,14-15H,4-6,12-13H2,1-3H3,(H,23,25). The van der Waals surface area contributed by atoms with Gasteiger partial charge in [0.1, 0.15) is 17.3 Å². The summed E-state index contributed by atoms with van der Waals surface area (Å²) in [5, 5.41) is 2.68. The van der Waals surface area contributed by atoms with Crippen LogP contribution in [0.5, 0.6) is 11.5 Å². The Morgan fingerprint density at radius 2 is 1.80 bits per heavy atom. The van der Waals surface area contributed by atoms with Gasteiger partial charge in [-0.1, -0.05) is 19.9 Å². The quantitative estimate of drug-likeness (QED) is 0.579. The average Bonchev–Trinajstić information content (AvgIpc) is 2.70. The smallest absolute Gasteiger partial charge is 0.243 e. The van der Waals surface area contributed by atoms with Gasteiger partial charge in [-0.3, -0.25) is 4.79 Å². The lowest BCUT2D eigenvalue weighted by Gasteiger charge is -2.20. The summed E-state index contributed by atoms with van der Waals surface area (Å²) >= 11 is 0. The predicted octanol–water partition coefficient (Wildman–Crippen LogP) is 3.66. The minimum atomic E-state index is -3.68. The van der Waals surface area contributed by atoms with Crippen molar-refractivity contribution in [2.75, 3.05) is 31.6 Å². The molecule has 0 radical (unpaired) electrons. The number of hydrogen-bond acceptors (Lipinski definition) is 5. The van der Waals surface area contributed by atoms with Crippen molar-refractivity contribution < 1.29 is 27.1 Å². The van der Waals surface area contributed by atoms with Gasteiger partial charge in [0.05, 0.1) is 30.2 Å². The molecule has 9 heteroatoms. The molecule has 0 spiro atoms. The zero-order valence-corrected chi connectivity index (χ0v) is 18.2. The highest BCUT2D eigenvalue weighted by molar-refractivity contribution is 7.89. The summed E-state index contributed by atoms with van der Waals surface area (Å²) in [6, 6.07) is 10.0. The second-order valence-electron chi connectivity index (χ2n) is 6.28. The van der Waals surface area contributed by atoms with Gasteiger partial charge >= 0.3 is 0 Å². The number of benzene rings is 2. The molecule has 0 heterocycles. The Labute approximate surface area is 176 Å². The average molecular weight is 439 g/mol. The molecule has 0 unspecified atom stereocenters. The molecule has 1 N–H and O–H groups in total. The van der Waals surface area contributed by atoms with Crippen LogP contribution >= 0.6 is 0 Å². The third kappa shape index (κ3) is 6.17. The molecule has 0 fully saturated rings. The van der Waals surface area contributed by atoms with Gasteiger partial charge in [0, 0.05) is 19.2 Å². The van der Waals surface area contributed by atoms with Gasteiger partial charge in [-0.2, -0.15) is 4.31 Å². The zero-order valence-electron chi connectivity index (χ0n) is 17.4. The number of halogens is 1. The maximum Gasteiger partial charge on any atom is 0.243 e. The van der Waals surface area contributed by atoms with Crippen LogP contribution in [0.1, 0.15) is 27.2 Å². The molecule has 164 valence electrons. The molecule has 0 bridgehead atoms. The number of amides is 1. The normalized spacial score (nSPS) is 11.4. The van der Waals surface area contributed by atoms with Crippen molar-refractivity contribution in [3.05, 3.63) is 48.3 Å². The van der Waals surface area contributed by atoms with Crippen LogP contribution in [0.2, 0.25) is 0 Å². The molecule has 2 rings (SSSR count). The Hall–Kier alpha value is -2.65. The molecule has 30 heavy (non-hydrogen) atoms. The summed E-state index contributed by atoms with van der Waals surface area (Å²) in [6.45, 7) is 6.38. The SMILES string of the molecule is CCOc1ccc(S(=O)(=O)N(CC)CC)cc1NC(=O)CCOc1cccc(F)c1. The van der Waals surface area contributed by atoms with Crippen molar-refractivity contribution in [1.82, 2.24) is 4.31 Å². The van der Waals surface area contributed by atoms with Gasteiger partial charge in [0.15, 0.2) is 0 Å². The van der Waals surface area contributed by atoms with Gasteiger partial charge in [-0.15, -0.1) is 0 Å². The Balaban J connectivity index is 2.12. The number of nitrogens with zero attached hydrogens (tertiary/aromatic N) is 1. The number of anilines is 1. The molecule has 1 amide bonds. The van der Waals surface area contributed by atoms with Crippen LogP contribution in [0, 0.1) is 5.82 Å². The highest BCUT2D eigenvalue weighted by Crippen LogP contribution is 2.29. The van der Waals surface area contributed by atoms with E-state index in [9.17, 15) is 17.6 Å². The minimum Gasteiger partial charge on any atom is -0.493 e. The van der Waals surface area contributed by atoms with E-state index in [1.54, 1.807) is 26.8 Å². The number of carbonyl (C=O) groups is 1. The first kappa shape index (κ1) is 23.6.